The molecule has 3 heterocycles. The van der Waals surface area contributed by atoms with Crippen molar-refractivity contribution in [3.05, 3.63) is 105 Å². The van der Waals surface area contributed by atoms with Crippen LogP contribution in [0.5, 0.6) is 0 Å². The normalized spacial score (nSPS) is 19.6. The number of aliphatic imine (C=N–C) groups is 1. The molecule has 0 saturated carbocycles. The van der Waals surface area contributed by atoms with E-state index in [4.69, 9.17) is 4.99 Å². The molecule has 0 aliphatic carbocycles. The van der Waals surface area contributed by atoms with Gasteiger partial charge < -0.3 is 15.5 Å². The Balaban J connectivity index is 1.33. The lowest BCUT2D eigenvalue weighted by molar-refractivity contribution is -0.384. The van der Waals surface area contributed by atoms with E-state index in [1.54, 1.807) is 36.4 Å². The van der Waals surface area contributed by atoms with Gasteiger partial charge in [0.2, 0.25) is 5.91 Å². The lowest BCUT2D eigenvalue weighted by Gasteiger charge is -2.26. The highest BCUT2D eigenvalue weighted by atomic mass is 16.6. The number of carbonyl (C=O) groups is 3. The van der Waals surface area contributed by atoms with Gasteiger partial charge in [-0.2, -0.15) is 0 Å². The first-order valence-electron chi connectivity index (χ1n) is 14.3. The second-order valence-corrected chi connectivity index (χ2v) is 10.9. The SMILES string of the molecule is O=C1NC(=O)C(=Cc2ccc(N=C(c3ccc(CCN4CCCCC4)cc3)C3C(=O)Nc4ccc([N+](=O)[O-])cc43)cc2)N1. The van der Waals surface area contributed by atoms with Gasteiger partial charge in [0.1, 0.15) is 11.6 Å². The van der Waals surface area contributed by atoms with Crippen molar-refractivity contribution in [2.75, 3.05) is 25.0 Å². The first kappa shape index (κ1) is 28.0. The van der Waals surface area contributed by atoms with Crippen molar-refractivity contribution in [1.82, 2.24) is 15.5 Å². The molecular formula is C32H30N6O5. The predicted molar refractivity (Wildman–Crippen MR) is 162 cm³/mol. The summed E-state index contributed by atoms with van der Waals surface area (Å²) in [6.07, 6.45) is 6.25. The molecule has 3 aromatic rings. The summed E-state index contributed by atoms with van der Waals surface area (Å²) in [5, 5.41) is 19.0. The minimum atomic E-state index is -0.853. The summed E-state index contributed by atoms with van der Waals surface area (Å²) in [6, 6.07) is 18.8. The van der Waals surface area contributed by atoms with Crippen LogP contribution >= 0.6 is 0 Å². The Morgan fingerprint density at radius 2 is 1.67 bits per heavy atom. The summed E-state index contributed by atoms with van der Waals surface area (Å²) in [5.74, 6) is -1.67. The van der Waals surface area contributed by atoms with Crippen LogP contribution in [0.3, 0.4) is 0 Å². The topological polar surface area (TPSA) is 146 Å². The van der Waals surface area contributed by atoms with Gasteiger partial charge in [-0.1, -0.05) is 42.8 Å². The van der Waals surface area contributed by atoms with Gasteiger partial charge in [0.05, 0.1) is 16.3 Å². The third kappa shape index (κ3) is 6.21. The maximum Gasteiger partial charge on any atom is 0.326 e. The van der Waals surface area contributed by atoms with E-state index in [9.17, 15) is 24.5 Å². The van der Waals surface area contributed by atoms with Gasteiger partial charge in [-0.05, 0) is 73.3 Å². The number of fused-ring (bicyclic) bond motifs is 1. The van der Waals surface area contributed by atoms with Crippen molar-refractivity contribution in [3.8, 4) is 0 Å². The highest BCUT2D eigenvalue weighted by Gasteiger charge is 2.36. The highest BCUT2D eigenvalue weighted by molar-refractivity contribution is 6.24. The number of hydrogen-bond acceptors (Lipinski definition) is 7. The molecule has 6 rings (SSSR count). The molecule has 3 aliphatic rings. The van der Waals surface area contributed by atoms with Crippen molar-refractivity contribution in [1.29, 1.82) is 0 Å². The van der Waals surface area contributed by atoms with E-state index in [2.05, 4.69) is 20.9 Å². The minimum absolute atomic E-state index is 0.104. The number of non-ortho nitro benzene ring substituents is 1. The highest BCUT2D eigenvalue weighted by Crippen LogP contribution is 2.38. The second kappa shape index (κ2) is 12.0. The Labute approximate surface area is 247 Å². The number of benzene rings is 3. The molecule has 0 bridgehead atoms. The molecule has 2 fully saturated rings. The monoisotopic (exact) mass is 578 g/mol. The van der Waals surface area contributed by atoms with E-state index < -0.39 is 22.8 Å². The standard InChI is InChI=1S/C32H30N6O5/c39-30-27(35-32(41)36-30)18-21-6-10-23(11-7-21)33-29(28-25-19-24(38(42)43)12-13-26(25)34-31(28)40)22-8-4-20(5-9-22)14-17-37-15-2-1-3-16-37/h4-13,18-19,28H,1-3,14-17H2,(H,34,40)(H2,35,36,39,41). The average Bonchev–Trinajstić information content (AvgIpc) is 3.51. The van der Waals surface area contributed by atoms with Gasteiger partial charge in [0.25, 0.3) is 11.6 Å². The number of hydrogen-bond donors (Lipinski definition) is 3. The third-order valence-electron chi connectivity index (χ3n) is 7.94. The number of urea groups is 1. The maximum absolute atomic E-state index is 13.3. The van der Waals surface area contributed by atoms with Gasteiger partial charge in [0.15, 0.2) is 0 Å². The summed E-state index contributed by atoms with van der Waals surface area (Å²) in [4.78, 5) is 55.1. The Morgan fingerprint density at radius 1 is 0.930 bits per heavy atom. The summed E-state index contributed by atoms with van der Waals surface area (Å²) in [7, 11) is 0. The number of carbonyl (C=O) groups excluding carboxylic acids is 3. The zero-order valence-corrected chi connectivity index (χ0v) is 23.3. The Kier molecular flexibility index (Phi) is 7.80. The lowest BCUT2D eigenvalue weighted by atomic mass is 9.90. The number of nitrogens with one attached hydrogen (secondary N) is 3. The van der Waals surface area contributed by atoms with Gasteiger partial charge in [0, 0.05) is 29.9 Å². The smallest absolute Gasteiger partial charge is 0.325 e. The lowest BCUT2D eigenvalue weighted by Crippen LogP contribution is -2.31. The Hall–Kier alpha value is -5.16. The minimum Gasteiger partial charge on any atom is -0.325 e. The molecule has 3 N–H and O–H groups in total. The number of likely N-dealkylation sites (tertiary alicyclic amines) is 1. The molecule has 218 valence electrons. The fraction of sp³-hybridized carbons (Fsp3) is 0.250. The maximum atomic E-state index is 13.3. The van der Waals surface area contributed by atoms with Crippen LogP contribution in [0.2, 0.25) is 0 Å². The molecular weight excluding hydrogens is 548 g/mol. The van der Waals surface area contributed by atoms with E-state index in [1.165, 1.54) is 37.0 Å². The van der Waals surface area contributed by atoms with Gasteiger partial charge in [-0.3, -0.25) is 30.0 Å². The number of nitro benzene ring substituents is 1. The first-order chi connectivity index (χ1) is 20.8. The fourth-order valence-electron chi connectivity index (χ4n) is 5.68. The van der Waals surface area contributed by atoms with Crippen molar-refractivity contribution in [2.45, 2.75) is 31.6 Å². The van der Waals surface area contributed by atoms with Gasteiger partial charge in [-0.15, -0.1) is 0 Å². The van der Waals surface area contributed by atoms with E-state index in [0.717, 1.165) is 31.6 Å². The number of nitro groups is 1. The average molecular weight is 579 g/mol. The van der Waals surface area contributed by atoms with Crippen LogP contribution in [0.15, 0.2) is 77.4 Å². The van der Waals surface area contributed by atoms with Crippen molar-refractivity contribution in [2.24, 2.45) is 4.99 Å². The first-order valence-corrected chi connectivity index (χ1v) is 14.3. The number of imide groups is 1. The number of amides is 4. The summed E-state index contributed by atoms with van der Waals surface area (Å²) in [6.45, 7) is 3.26. The van der Waals surface area contributed by atoms with Gasteiger partial charge >= 0.3 is 6.03 Å². The Bertz CT molecular complexity index is 1660. The van der Waals surface area contributed by atoms with E-state index in [0.29, 0.717) is 28.2 Å². The summed E-state index contributed by atoms with van der Waals surface area (Å²) < 4.78 is 0. The van der Waals surface area contributed by atoms with Crippen molar-refractivity contribution in [3.63, 3.8) is 0 Å². The van der Waals surface area contributed by atoms with Crippen molar-refractivity contribution < 1.29 is 19.3 Å². The van der Waals surface area contributed by atoms with E-state index in [1.807, 2.05) is 24.3 Å². The molecule has 4 amide bonds. The number of rotatable bonds is 8. The molecule has 1 atom stereocenters. The van der Waals surface area contributed by atoms with Crippen LogP contribution in [-0.2, 0) is 16.0 Å². The van der Waals surface area contributed by atoms with E-state index >= 15 is 0 Å². The van der Waals surface area contributed by atoms with Crippen LogP contribution in [0.4, 0.5) is 21.9 Å². The molecule has 3 aliphatic heterocycles. The zero-order valence-electron chi connectivity index (χ0n) is 23.3. The number of piperidine rings is 1. The quantitative estimate of drug-likeness (QED) is 0.117. The molecule has 0 spiro atoms. The molecule has 11 heteroatoms. The summed E-state index contributed by atoms with van der Waals surface area (Å²) in [5.41, 5.74) is 4.66. The second-order valence-electron chi connectivity index (χ2n) is 10.9. The molecule has 0 radical (unpaired) electrons. The largest absolute Gasteiger partial charge is 0.326 e. The number of anilines is 1. The molecule has 1 unspecified atom stereocenters. The third-order valence-corrected chi connectivity index (χ3v) is 7.94. The van der Waals surface area contributed by atoms with Crippen LogP contribution in [-0.4, -0.2) is 53.0 Å². The predicted octanol–water partition coefficient (Wildman–Crippen LogP) is 4.66. The Morgan fingerprint density at radius 3 is 2.35 bits per heavy atom. The van der Waals surface area contributed by atoms with Crippen LogP contribution in [0.1, 0.15) is 47.4 Å². The molecule has 0 aromatic heterocycles. The van der Waals surface area contributed by atoms with Crippen LogP contribution in [0.25, 0.3) is 6.08 Å². The van der Waals surface area contributed by atoms with Gasteiger partial charge in [-0.25, -0.2) is 4.79 Å². The van der Waals surface area contributed by atoms with Crippen LogP contribution in [0, 0.1) is 10.1 Å². The zero-order chi connectivity index (χ0) is 29.9. The molecule has 2 saturated heterocycles. The van der Waals surface area contributed by atoms with Crippen LogP contribution < -0.4 is 16.0 Å². The van der Waals surface area contributed by atoms with E-state index in [-0.39, 0.29) is 17.3 Å². The molecule has 3 aromatic carbocycles. The number of nitrogens with zero attached hydrogens (tertiary/aromatic N) is 3. The summed E-state index contributed by atoms with van der Waals surface area (Å²) >= 11 is 0. The molecule has 11 nitrogen and oxygen atoms in total. The molecule has 43 heavy (non-hydrogen) atoms. The van der Waals surface area contributed by atoms with Crippen molar-refractivity contribution >= 4 is 46.7 Å². The fourth-order valence-corrected chi connectivity index (χ4v) is 5.68.